The first-order valence-electron chi connectivity index (χ1n) is 9.83. The maximum absolute atomic E-state index is 12.5. The van der Waals surface area contributed by atoms with Crippen molar-refractivity contribution in [2.45, 2.75) is 38.9 Å². The maximum atomic E-state index is 12.5. The molecule has 0 aliphatic heterocycles. The van der Waals surface area contributed by atoms with Crippen LogP contribution in [-0.4, -0.2) is 32.3 Å². The largest absolute Gasteiger partial charge is 0.326 e. The number of aryl methyl sites for hydroxylation is 2. The van der Waals surface area contributed by atoms with Crippen molar-refractivity contribution in [1.29, 1.82) is 0 Å². The number of aromatic nitrogens is 3. The number of amides is 2. The summed E-state index contributed by atoms with van der Waals surface area (Å²) in [6.45, 7) is 6.57. The average Bonchev–Trinajstić information content (AvgIpc) is 3.10. The van der Waals surface area contributed by atoms with Crippen LogP contribution >= 0.6 is 23.4 Å². The third-order valence-electron chi connectivity index (χ3n) is 4.66. The van der Waals surface area contributed by atoms with Crippen LogP contribution < -0.4 is 10.6 Å². The molecule has 0 aliphatic rings. The lowest BCUT2D eigenvalue weighted by Gasteiger charge is -2.09. The number of benzene rings is 2. The molecular formula is C22H24ClN5O2S. The van der Waals surface area contributed by atoms with Gasteiger partial charge in [0, 0.05) is 22.9 Å². The van der Waals surface area contributed by atoms with E-state index in [9.17, 15) is 9.59 Å². The van der Waals surface area contributed by atoms with Gasteiger partial charge in [0.25, 0.3) is 0 Å². The Balaban J connectivity index is 1.58. The zero-order chi connectivity index (χ0) is 22.4. The van der Waals surface area contributed by atoms with E-state index in [4.69, 9.17) is 11.6 Å². The van der Waals surface area contributed by atoms with Gasteiger partial charge in [-0.3, -0.25) is 9.59 Å². The Kier molecular flexibility index (Phi) is 7.70. The van der Waals surface area contributed by atoms with Crippen molar-refractivity contribution in [2.75, 3.05) is 16.4 Å². The molecule has 31 heavy (non-hydrogen) atoms. The summed E-state index contributed by atoms with van der Waals surface area (Å²) in [4.78, 5) is 24.7. The van der Waals surface area contributed by atoms with Crippen LogP contribution in [0.1, 0.15) is 23.9 Å². The van der Waals surface area contributed by atoms with Crippen molar-refractivity contribution in [3.05, 3.63) is 64.4 Å². The molecule has 0 bridgehead atoms. The number of anilines is 2. The highest BCUT2D eigenvalue weighted by Crippen LogP contribution is 2.20. The van der Waals surface area contributed by atoms with Crippen LogP contribution in [0.25, 0.3) is 0 Å². The average molecular weight is 458 g/mol. The number of carbonyl (C=O) groups excluding carboxylic acids is 2. The molecule has 0 fully saturated rings. The van der Waals surface area contributed by atoms with E-state index in [1.54, 1.807) is 24.3 Å². The number of rotatable bonds is 8. The third-order valence-corrected chi connectivity index (χ3v) is 5.86. The SMILES string of the molecule is CCn1c(CC(=O)Nc2ccc(C)c(C)c2)nnc1SCC(=O)Nc1cccc(Cl)c1. The van der Waals surface area contributed by atoms with Gasteiger partial charge >= 0.3 is 0 Å². The zero-order valence-electron chi connectivity index (χ0n) is 17.6. The Labute approximate surface area is 190 Å². The highest BCUT2D eigenvalue weighted by atomic mass is 35.5. The fourth-order valence-electron chi connectivity index (χ4n) is 2.94. The normalized spacial score (nSPS) is 10.7. The standard InChI is InChI=1S/C22H24ClN5O2S/c1-4-28-19(12-20(29)24-18-9-8-14(2)15(3)10-18)26-27-22(28)31-13-21(30)25-17-7-5-6-16(23)11-17/h5-11H,4,12-13H2,1-3H3,(H,24,29)(H,25,30). The van der Waals surface area contributed by atoms with E-state index in [2.05, 4.69) is 20.8 Å². The maximum Gasteiger partial charge on any atom is 0.234 e. The first-order valence-corrected chi connectivity index (χ1v) is 11.2. The van der Waals surface area contributed by atoms with E-state index in [0.29, 0.717) is 28.2 Å². The summed E-state index contributed by atoms with van der Waals surface area (Å²) in [5, 5.41) is 15.2. The van der Waals surface area contributed by atoms with Gasteiger partial charge in [0.1, 0.15) is 5.82 Å². The zero-order valence-corrected chi connectivity index (χ0v) is 19.2. The third kappa shape index (κ3) is 6.32. The molecule has 3 aromatic rings. The number of nitrogens with one attached hydrogen (secondary N) is 2. The predicted molar refractivity (Wildman–Crippen MR) is 125 cm³/mol. The van der Waals surface area contributed by atoms with Crippen molar-refractivity contribution in [3.8, 4) is 0 Å². The molecule has 0 aliphatic carbocycles. The van der Waals surface area contributed by atoms with Gasteiger partial charge in [0.05, 0.1) is 12.2 Å². The summed E-state index contributed by atoms with van der Waals surface area (Å²) in [5.74, 6) is 0.383. The summed E-state index contributed by atoms with van der Waals surface area (Å²) in [5.41, 5.74) is 3.68. The molecule has 2 amide bonds. The Bertz CT molecular complexity index is 1100. The summed E-state index contributed by atoms with van der Waals surface area (Å²) in [6, 6.07) is 12.8. The van der Waals surface area contributed by atoms with Gasteiger partial charge in [0.2, 0.25) is 11.8 Å². The Morgan fingerprint density at radius 2 is 1.74 bits per heavy atom. The van der Waals surface area contributed by atoms with E-state index < -0.39 is 0 Å². The molecule has 2 aromatic carbocycles. The van der Waals surface area contributed by atoms with E-state index in [0.717, 1.165) is 11.3 Å². The van der Waals surface area contributed by atoms with Crippen molar-refractivity contribution < 1.29 is 9.59 Å². The molecule has 1 aromatic heterocycles. The molecule has 1 heterocycles. The minimum Gasteiger partial charge on any atom is -0.326 e. The van der Waals surface area contributed by atoms with Gasteiger partial charge < -0.3 is 15.2 Å². The summed E-state index contributed by atoms with van der Waals surface area (Å²) in [7, 11) is 0. The molecule has 3 rings (SSSR count). The number of carbonyl (C=O) groups is 2. The summed E-state index contributed by atoms with van der Waals surface area (Å²) >= 11 is 7.21. The van der Waals surface area contributed by atoms with E-state index in [1.807, 2.05) is 43.5 Å². The molecule has 0 saturated heterocycles. The lowest BCUT2D eigenvalue weighted by molar-refractivity contribution is -0.116. The van der Waals surface area contributed by atoms with Crippen molar-refractivity contribution in [2.24, 2.45) is 0 Å². The van der Waals surface area contributed by atoms with Crippen molar-refractivity contribution in [3.63, 3.8) is 0 Å². The first kappa shape index (κ1) is 22.8. The Morgan fingerprint density at radius 3 is 2.45 bits per heavy atom. The molecule has 0 spiro atoms. The van der Waals surface area contributed by atoms with Crippen LogP contribution in [0.5, 0.6) is 0 Å². The smallest absolute Gasteiger partial charge is 0.234 e. The van der Waals surface area contributed by atoms with Crippen LogP contribution in [-0.2, 0) is 22.6 Å². The second kappa shape index (κ2) is 10.5. The van der Waals surface area contributed by atoms with Crippen LogP contribution in [0.15, 0.2) is 47.6 Å². The highest BCUT2D eigenvalue weighted by Gasteiger charge is 2.16. The molecule has 0 unspecified atom stereocenters. The van der Waals surface area contributed by atoms with Crippen LogP contribution in [0.4, 0.5) is 11.4 Å². The van der Waals surface area contributed by atoms with Crippen molar-refractivity contribution >= 4 is 46.6 Å². The fraction of sp³-hybridized carbons (Fsp3) is 0.273. The van der Waals surface area contributed by atoms with E-state index in [-0.39, 0.29) is 24.0 Å². The van der Waals surface area contributed by atoms with Crippen molar-refractivity contribution in [1.82, 2.24) is 14.8 Å². The molecule has 0 saturated carbocycles. The Hall–Kier alpha value is -2.84. The minimum absolute atomic E-state index is 0.100. The van der Waals surface area contributed by atoms with Crippen LogP contribution in [0.3, 0.4) is 0 Å². The highest BCUT2D eigenvalue weighted by molar-refractivity contribution is 7.99. The van der Waals surface area contributed by atoms with Gasteiger partial charge in [-0.1, -0.05) is 35.5 Å². The second-order valence-corrected chi connectivity index (χ2v) is 8.39. The minimum atomic E-state index is -0.174. The van der Waals surface area contributed by atoms with Crippen LogP contribution in [0, 0.1) is 13.8 Å². The molecule has 0 atom stereocenters. The second-order valence-electron chi connectivity index (χ2n) is 7.01. The van der Waals surface area contributed by atoms with Gasteiger partial charge in [-0.15, -0.1) is 10.2 Å². The van der Waals surface area contributed by atoms with E-state index in [1.165, 1.54) is 17.3 Å². The summed E-state index contributed by atoms with van der Waals surface area (Å²) < 4.78 is 1.84. The number of hydrogen-bond acceptors (Lipinski definition) is 5. The first-order chi connectivity index (χ1) is 14.9. The topological polar surface area (TPSA) is 88.9 Å². The van der Waals surface area contributed by atoms with Gasteiger partial charge in [-0.05, 0) is 62.2 Å². The van der Waals surface area contributed by atoms with Gasteiger partial charge in [0.15, 0.2) is 5.16 Å². The lowest BCUT2D eigenvalue weighted by Crippen LogP contribution is -2.18. The number of hydrogen-bond donors (Lipinski definition) is 2. The lowest BCUT2D eigenvalue weighted by atomic mass is 10.1. The van der Waals surface area contributed by atoms with E-state index >= 15 is 0 Å². The van der Waals surface area contributed by atoms with Gasteiger partial charge in [-0.25, -0.2) is 0 Å². The molecule has 9 heteroatoms. The molecular weight excluding hydrogens is 434 g/mol. The molecule has 0 radical (unpaired) electrons. The van der Waals surface area contributed by atoms with Gasteiger partial charge in [-0.2, -0.15) is 0 Å². The molecule has 7 nitrogen and oxygen atoms in total. The molecule has 2 N–H and O–H groups in total. The molecule has 162 valence electrons. The Morgan fingerprint density at radius 1 is 1.00 bits per heavy atom. The number of nitrogens with zero attached hydrogens (tertiary/aromatic N) is 3. The number of halogens is 1. The predicted octanol–water partition coefficient (Wildman–Crippen LogP) is 4.48. The number of thioether (sulfide) groups is 1. The quantitative estimate of drug-likeness (QED) is 0.487. The van der Waals surface area contributed by atoms with Crippen LogP contribution in [0.2, 0.25) is 5.02 Å². The monoisotopic (exact) mass is 457 g/mol. The summed E-state index contributed by atoms with van der Waals surface area (Å²) in [6.07, 6.45) is 0.100. The fourth-order valence-corrected chi connectivity index (χ4v) is 3.95.